The van der Waals surface area contributed by atoms with Crippen LogP contribution in [0.1, 0.15) is 0 Å². The van der Waals surface area contributed by atoms with Gasteiger partial charge in [-0.1, -0.05) is 194 Å². The topological polar surface area (TPSA) is 28.3 Å². The van der Waals surface area contributed by atoms with E-state index in [1.165, 1.54) is 38.1 Å². The van der Waals surface area contributed by atoms with Crippen LogP contribution in [0.3, 0.4) is 0 Å². The fourth-order valence-corrected chi connectivity index (χ4v) is 12.3. The second kappa shape index (κ2) is 16.7. The number of nitrogens with zero attached hydrogens (tertiary/aromatic N) is 2. The van der Waals surface area contributed by atoms with Crippen molar-refractivity contribution in [2.45, 2.75) is 0 Å². The predicted octanol–water partition coefficient (Wildman–Crippen LogP) is 19.8. The third-order valence-electron chi connectivity index (χ3n) is 15.8. The monoisotopic (exact) mass is 968 g/mol. The van der Waals surface area contributed by atoms with Crippen molar-refractivity contribution in [3.8, 4) is 112 Å². The zero-order chi connectivity index (χ0) is 49.8. The van der Waals surface area contributed by atoms with Crippen LogP contribution in [-0.4, -0.2) is 9.13 Å². The standard InChI is InChI=1S/C72H44N2O2/c1-2-18-49(19-3-1)73-66-32-11-7-24-57(66)64-43-48(37-40-67(64)73)52-28-16-30-62-55-38-35-45(42-63(55)60-26-9-13-34-70(60)76-72(52)62)46-36-39-58-56-23-6-10-31-65(56)74(68(58)44-46)50-20-14-17-47(41-50)51-27-15-29-61-54-22-5-4-21-53(54)59-25-8-12-33-69(59)75-71(51)61/h1-44H. The number of benzene rings is 12. The Kier molecular flexibility index (Phi) is 9.30. The van der Waals surface area contributed by atoms with Crippen LogP contribution < -0.4 is 9.47 Å². The lowest BCUT2D eigenvalue weighted by Gasteiger charge is -2.16. The van der Waals surface area contributed by atoms with Gasteiger partial charge >= 0.3 is 0 Å². The van der Waals surface area contributed by atoms with Crippen molar-refractivity contribution in [1.29, 1.82) is 0 Å². The molecule has 0 atom stereocenters. The zero-order valence-corrected chi connectivity index (χ0v) is 41.1. The first-order valence-corrected chi connectivity index (χ1v) is 26.0. The van der Waals surface area contributed by atoms with Gasteiger partial charge in [-0.2, -0.15) is 0 Å². The lowest BCUT2D eigenvalue weighted by Crippen LogP contribution is -1.96. The third-order valence-corrected chi connectivity index (χ3v) is 15.8. The van der Waals surface area contributed by atoms with Gasteiger partial charge in [0.25, 0.3) is 0 Å². The normalized spacial score (nSPS) is 12.2. The van der Waals surface area contributed by atoms with Crippen molar-refractivity contribution in [3.63, 3.8) is 0 Å². The average molecular weight is 969 g/mol. The smallest absolute Gasteiger partial charge is 0.143 e. The van der Waals surface area contributed by atoms with Gasteiger partial charge in [-0.25, -0.2) is 0 Å². The molecule has 4 heterocycles. The number of hydrogen-bond donors (Lipinski definition) is 0. The highest BCUT2D eigenvalue weighted by Crippen LogP contribution is 2.53. The molecule has 0 N–H and O–H groups in total. The van der Waals surface area contributed by atoms with Crippen LogP contribution in [-0.2, 0) is 0 Å². The van der Waals surface area contributed by atoms with Crippen LogP contribution in [0.25, 0.3) is 133 Å². The summed E-state index contributed by atoms with van der Waals surface area (Å²) in [7, 11) is 0. The fourth-order valence-electron chi connectivity index (χ4n) is 12.3. The Bertz CT molecular complexity index is 4710. The summed E-state index contributed by atoms with van der Waals surface area (Å²) in [5.41, 5.74) is 22.3. The molecule has 0 aliphatic carbocycles. The fraction of sp³-hybridized carbons (Fsp3) is 0. The molecule has 0 saturated carbocycles. The quantitative estimate of drug-likeness (QED) is 0.172. The molecule has 0 spiro atoms. The summed E-state index contributed by atoms with van der Waals surface area (Å²) >= 11 is 0. The van der Waals surface area contributed by atoms with Crippen LogP contribution in [0.2, 0.25) is 0 Å². The molecule has 2 aliphatic rings. The van der Waals surface area contributed by atoms with Crippen LogP contribution in [0.4, 0.5) is 0 Å². The molecule has 0 unspecified atom stereocenters. The molecule has 2 aromatic heterocycles. The van der Waals surface area contributed by atoms with Gasteiger partial charge in [0.05, 0.1) is 22.1 Å². The summed E-state index contributed by atoms with van der Waals surface area (Å²) in [6.45, 7) is 0. The minimum absolute atomic E-state index is 0.832. The van der Waals surface area contributed by atoms with E-state index >= 15 is 0 Å². The first kappa shape index (κ1) is 42.4. The second-order valence-electron chi connectivity index (χ2n) is 19.9. The zero-order valence-electron chi connectivity index (χ0n) is 41.1. The van der Waals surface area contributed by atoms with E-state index in [1.807, 2.05) is 0 Å². The SMILES string of the molecule is c1ccc(-n2c3ccccc3c3cc(-c4cccc5c4Oc4ccccc4-c4cc(-c6ccc7c8ccccc8n(-c8cccc(-c9cccc%10c9Oc9ccccc9-c9ccccc9-%10)c8)c7c6)ccc4-5)ccc32)cc1. The predicted molar refractivity (Wildman–Crippen MR) is 313 cm³/mol. The van der Waals surface area contributed by atoms with Gasteiger partial charge in [-0.15, -0.1) is 0 Å². The van der Waals surface area contributed by atoms with Crippen molar-refractivity contribution < 1.29 is 9.47 Å². The summed E-state index contributed by atoms with van der Waals surface area (Å²) in [5, 5.41) is 4.83. The lowest BCUT2D eigenvalue weighted by atomic mass is 9.89. The summed E-state index contributed by atoms with van der Waals surface area (Å²) in [6.07, 6.45) is 0. The molecule has 0 saturated heterocycles. The maximum Gasteiger partial charge on any atom is 0.143 e. The van der Waals surface area contributed by atoms with Crippen LogP contribution in [0, 0.1) is 0 Å². The van der Waals surface area contributed by atoms with Crippen molar-refractivity contribution in [1.82, 2.24) is 9.13 Å². The highest BCUT2D eigenvalue weighted by atomic mass is 16.5. The minimum Gasteiger partial charge on any atom is -0.455 e. The third kappa shape index (κ3) is 6.44. The number of para-hydroxylation sites is 7. The second-order valence-corrected chi connectivity index (χ2v) is 19.9. The molecule has 354 valence electrons. The molecule has 0 radical (unpaired) electrons. The van der Waals surface area contributed by atoms with Crippen molar-refractivity contribution >= 4 is 43.6 Å². The van der Waals surface area contributed by atoms with Gasteiger partial charge < -0.3 is 18.6 Å². The Morgan fingerprint density at radius 2 is 0.658 bits per heavy atom. The maximum absolute atomic E-state index is 7.14. The Morgan fingerprint density at radius 3 is 1.37 bits per heavy atom. The summed E-state index contributed by atoms with van der Waals surface area (Å²) < 4.78 is 18.9. The van der Waals surface area contributed by atoms with E-state index in [1.54, 1.807) is 0 Å². The van der Waals surface area contributed by atoms with Gasteiger partial charge in [-0.3, -0.25) is 0 Å². The molecule has 4 heteroatoms. The lowest BCUT2D eigenvalue weighted by molar-refractivity contribution is 0.489. The molecule has 14 aromatic rings. The summed E-state index contributed by atoms with van der Waals surface area (Å²) in [6, 6.07) is 96.2. The molecule has 76 heavy (non-hydrogen) atoms. The molecule has 4 nitrogen and oxygen atoms in total. The van der Waals surface area contributed by atoms with E-state index in [4.69, 9.17) is 9.47 Å². The van der Waals surface area contributed by atoms with Gasteiger partial charge in [0, 0.05) is 66.3 Å². The van der Waals surface area contributed by atoms with Crippen LogP contribution in [0.5, 0.6) is 23.0 Å². The molecule has 16 rings (SSSR count). The number of hydrogen-bond acceptors (Lipinski definition) is 2. The van der Waals surface area contributed by atoms with Gasteiger partial charge in [0.2, 0.25) is 0 Å². The molecule has 2 aliphatic heterocycles. The highest BCUT2D eigenvalue weighted by molar-refractivity contribution is 6.12. The number of aromatic nitrogens is 2. The van der Waals surface area contributed by atoms with E-state index in [9.17, 15) is 0 Å². The molecular formula is C72H44N2O2. The van der Waals surface area contributed by atoms with Gasteiger partial charge in [0.1, 0.15) is 23.0 Å². The van der Waals surface area contributed by atoms with Gasteiger partial charge in [-0.05, 0) is 117 Å². The van der Waals surface area contributed by atoms with Crippen molar-refractivity contribution in [3.05, 3.63) is 267 Å². The van der Waals surface area contributed by atoms with Crippen molar-refractivity contribution in [2.24, 2.45) is 0 Å². The number of fused-ring (bicyclic) bond motifs is 16. The number of ether oxygens (including phenoxy) is 2. The molecule has 0 amide bonds. The maximum atomic E-state index is 7.14. The van der Waals surface area contributed by atoms with E-state index in [2.05, 4.69) is 276 Å². The highest BCUT2D eigenvalue weighted by Gasteiger charge is 2.27. The van der Waals surface area contributed by atoms with Crippen molar-refractivity contribution in [2.75, 3.05) is 0 Å². The van der Waals surface area contributed by atoms with Crippen LogP contribution in [0.15, 0.2) is 267 Å². The molecule has 0 fully saturated rings. The summed E-state index contributed by atoms with van der Waals surface area (Å²) in [4.78, 5) is 0. The van der Waals surface area contributed by atoms with Gasteiger partial charge in [0.15, 0.2) is 0 Å². The van der Waals surface area contributed by atoms with Crippen LogP contribution >= 0.6 is 0 Å². The Balaban J connectivity index is 0.822. The first-order chi connectivity index (χ1) is 37.7. The van der Waals surface area contributed by atoms with E-state index in [-0.39, 0.29) is 0 Å². The molecular weight excluding hydrogens is 925 g/mol. The number of rotatable bonds is 5. The average Bonchev–Trinajstić information content (AvgIpc) is 4.00. The Morgan fingerprint density at radius 1 is 0.211 bits per heavy atom. The Hall–Kier alpha value is -10.2. The largest absolute Gasteiger partial charge is 0.455 e. The Labute approximate surface area is 439 Å². The summed E-state index contributed by atoms with van der Waals surface area (Å²) in [5.74, 6) is 3.40. The first-order valence-electron chi connectivity index (χ1n) is 26.0. The minimum atomic E-state index is 0.832. The van der Waals surface area contributed by atoms with E-state index < -0.39 is 0 Å². The van der Waals surface area contributed by atoms with E-state index in [0.29, 0.717) is 0 Å². The van der Waals surface area contributed by atoms with E-state index in [0.717, 1.165) is 118 Å². The molecule has 12 aromatic carbocycles. The molecule has 0 bridgehead atoms.